The van der Waals surface area contributed by atoms with Crippen LogP contribution >= 0.6 is 0 Å². The minimum Gasteiger partial charge on any atom is -0.444 e. The van der Waals surface area contributed by atoms with E-state index in [-0.39, 0.29) is 65.4 Å². The Balaban J connectivity index is 6.75. The lowest BCUT2D eigenvalue weighted by Gasteiger charge is -2.29. The molecule has 0 aliphatic rings. The molecule has 0 aliphatic heterocycles. The Morgan fingerprint density at radius 1 is 0.314 bits per heavy atom. The molecule has 0 heterocycles. The molecule has 404 valence electrons. The summed E-state index contributed by atoms with van der Waals surface area (Å²) in [5, 5.41) is 20.7. The second-order valence-corrected chi connectivity index (χ2v) is 22.3. The standard InChI is InChI=1S/C46H85N9O15/c1-41(2,3)65-35(59)49-23-29(24-50-36(60)66-42(4,5)6)32(56)47-19-21-55(34(58)31(27-53-39(63)69-45(13,14)15)28-54-40(64)70-46(16,17)18)22-20-48-33(57)30(25-51-37(61)67-43(7,8)9)26-52-38(62)68-44(10,11)12/h29-31H,19-28H2,1-18H3,(H,47,56)(H,48,57)(H,49,59)(H,50,60)(H,51,61)(H,52,62)(H,53,63)(H,54,64). The Bertz CT molecular complexity index is 1570. The molecule has 24 heteroatoms. The highest BCUT2D eigenvalue weighted by Gasteiger charge is 2.30. The Hall–Kier alpha value is -5.97. The van der Waals surface area contributed by atoms with E-state index in [4.69, 9.17) is 28.4 Å². The number of hydrogen-bond donors (Lipinski definition) is 8. The molecule has 0 fully saturated rings. The number of hydrogen-bond acceptors (Lipinski definition) is 15. The van der Waals surface area contributed by atoms with E-state index in [2.05, 4.69) is 42.5 Å². The van der Waals surface area contributed by atoms with Crippen LogP contribution < -0.4 is 42.5 Å². The third kappa shape index (κ3) is 34.3. The summed E-state index contributed by atoms with van der Waals surface area (Å²) in [7, 11) is 0. The Morgan fingerprint density at radius 2 is 0.500 bits per heavy atom. The van der Waals surface area contributed by atoms with Crippen molar-refractivity contribution in [3.8, 4) is 0 Å². The summed E-state index contributed by atoms with van der Waals surface area (Å²) < 4.78 is 31.9. The van der Waals surface area contributed by atoms with Gasteiger partial charge in [-0.05, 0) is 125 Å². The quantitative estimate of drug-likeness (QED) is 0.0753. The average molecular weight is 1000 g/mol. The van der Waals surface area contributed by atoms with Crippen molar-refractivity contribution < 1.29 is 71.6 Å². The summed E-state index contributed by atoms with van der Waals surface area (Å²) in [6.07, 6.45) is -4.92. The van der Waals surface area contributed by atoms with Crippen molar-refractivity contribution in [1.29, 1.82) is 0 Å². The molecule has 0 saturated carbocycles. The van der Waals surface area contributed by atoms with E-state index in [0.29, 0.717) is 0 Å². The Kier molecular flexibility index (Phi) is 25.6. The number of ether oxygens (including phenoxy) is 6. The van der Waals surface area contributed by atoms with Crippen molar-refractivity contribution in [2.24, 2.45) is 17.8 Å². The van der Waals surface area contributed by atoms with Crippen molar-refractivity contribution in [1.82, 2.24) is 47.4 Å². The molecule has 0 rings (SSSR count). The molecule has 0 saturated heterocycles. The maximum atomic E-state index is 14.5. The van der Waals surface area contributed by atoms with Gasteiger partial charge in [0.15, 0.2) is 0 Å². The molecule has 0 aromatic rings. The zero-order chi connectivity index (χ0) is 54.5. The number of nitrogens with zero attached hydrogens (tertiary/aromatic N) is 1. The van der Waals surface area contributed by atoms with Gasteiger partial charge in [-0.15, -0.1) is 0 Å². The summed E-state index contributed by atoms with van der Waals surface area (Å²) in [6, 6.07) is 0. The number of carbonyl (C=O) groups excluding carboxylic acids is 9. The zero-order valence-corrected chi connectivity index (χ0v) is 44.9. The Labute approximate surface area is 413 Å². The van der Waals surface area contributed by atoms with Gasteiger partial charge in [-0.25, -0.2) is 28.8 Å². The van der Waals surface area contributed by atoms with Crippen LogP contribution in [0.1, 0.15) is 125 Å². The van der Waals surface area contributed by atoms with Crippen LogP contribution in [-0.4, -0.2) is 158 Å². The number of amides is 9. The van der Waals surface area contributed by atoms with Gasteiger partial charge < -0.3 is 75.9 Å². The largest absolute Gasteiger partial charge is 0.444 e. The monoisotopic (exact) mass is 1000 g/mol. The number of rotatable bonds is 21. The number of nitrogens with one attached hydrogen (secondary N) is 8. The van der Waals surface area contributed by atoms with Gasteiger partial charge in [-0.2, -0.15) is 0 Å². The van der Waals surface area contributed by atoms with Gasteiger partial charge >= 0.3 is 36.6 Å². The molecule has 0 bridgehead atoms. The maximum absolute atomic E-state index is 14.5. The number of carbonyl (C=O) groups is 9. The van der Waals surface area contributed by atoms with Crippen LogP contribution in [0.15, 0.2) is 0 Å². The molecule has 70 heavy (non-hydrogen) atoms. The second kappa shape index (κ2) is 28.0. The van der Waals surface area contributed by atoms with Crippen LogP contribution in [-0.2, 0) is 42.8 Å². The van der Waals surface area contributed by atoms with Crippen molar-refractivity contribution in [3.05, 3.63) is 0 Å². The first-order valence-corrected chi connectivity index (χ1v) is 23.3. The first-order valence-electron chi connectivity index (χ1n) is 23.3. The smallest absolute Gasteiger partial charge is 0.407 e. The maximum Gasteiger partial charge on any atom is 0.407 e. The molecule has 0 aromatic heterocycles. The third-order valence-corrected chi connectivity index (χ3v) is 8.11. The SMILES string of the molecule is CC(C)(C)OC(=O)NCC(CNC(=O)OC(C)(C)C)C(=O)NCCN(CCNC(=O)C(CNC(=O)OC(C)(C)C)CNC(=O)OC(C)(C)C)C(=O)C(CNC(=O)OC(C)(C)C)CNC(=O)OC(C)(C)C. The van der Waals surface area contributed by atoms with Gasteiger partial charge in [0.25, 0.3) is 0 Å². The minimum atomic E-state index is -1.15. The molecule has 0 radical (unpaired) electrons. The summed E-state index contributed by atoms with van der Waals surface area (Å²) in [5.74, 6) is -5.19. The van der Waals surface area contributed by atoms with Crippen molar-refractivity contribution in [3.63, 3.8) is 0 Å². The summed E-state index contributed by atoms with van der Waals surface area (Å²) >= 11 is 0. The normalized spacial score (nSPS) is 12.2. The van der Waals surface area contributed by atoms with E-state index in [1.54, 1.807) is 125 Å². The molecule has 0 aliphatic carbocycles. The molecule has 0 atom stereocenters. The van der Waals surface area contributed by atoms with Crippen molar-refractivity contribution >= 4 is 54.3 Å². The third-order valence-electron chi connectivity index (χ3n) is 8.11. The first kappa shape index (κ1) is 64.0. The van der Waals surface area contributed by atoms with Crippen molar-refractivity contribution in [2.45, 2.75) is 158 Å². The highest BCUT2D eigenvalue weighted by atomic mass is 16.6. The van der Waals surface area contributed by atoms with E-state index >= 15 is 0 Å². The van der Waals surface area contributed by atoms with Gasteiger partial charge in [0.05, 0.1) is 17.8 Å². The van der Waals surface area contributed by atoms with Gasteiger partial charge in [0.1, 0.15) is 33.6 Å². The molecule has 0 unspecified atom stereocenters. The fourth-order valence-corrected chi connectivity index (χ4v) is 5.39. The molecule has 0 spiro atoms. The van der Waals surface area contributed by atoms with Gasteiger partial charge in [0, 0.05) is 65.4 Å². The highest BCUT2D eigenvalue weighted by Crippen LogP contribution is 2.13. The van der Waals surface area contributed by atoms with E-state index in [1.165, 1.54) is 4.90 Å². The van der Waals surface area contributed by atoms with Crippen LogP contribution in [0.2, 0.25) is 0 Å². The lowest BCUT2D eigenvalue weighted by atomic mass is 10.1. The van der Waals surface area contributed by atoms with Crippen LogP contribution in [0, 0.1) is 17.8 Å². The van der Waals surface area contributed by atoms with E-state index in [1.807, 2.05) is 0 Å². The predicted molar refractivity (Wildman–Crippen MR) is 258 cm³/mol. The molecular weight excluding hydrogens is 919 g/mol. The Morgan fingerprint density at radius 3 is 0.686 bits per heavy atom. The average Bonchev–Trinajstić information content (AvgIpc) is 3.12. The predicted octanol–water partition coefficient (Wildman–Crippen LogP) is 4.04. The van der Waals surface area contributed by atoms with E-state index < -0.39 is 106 Å². The zero-order valence-electron chi connectivity index (χ0n) is 44.9. The minimum absolute atomic E-state index is 0.203. The summed E-state index contributed by atoms with van der Waals surface area (Å²) in [4.78, 5) is 119. The summed E-state index contributed by atoms with van der Waals surface area (Å²) in [5.41, 5.74) is -5.14. The van der Waals surface area contributed by atoms with E-state index in [0.717, 1.165) is 0 Å². The van der Waals surface area contributed by atoms with Crippen LogP contribution in [0.4, 0.5) is 28.8 Å². The lowest BCUT2D eigenvalue weighted by molar-refractivity contribution is -0.136. The number of alkyl carbamates (subject to hydrolysis) is 6. The summed E-state index contributed by atoms with van der Waals surface area (Å²) in [6.45, 7) is 27.3. The van der Waals surface area contributed by atoms with Gasteiger partial charge in [-0.1, -0.05) is 0 Å². The van der Waals surface area contributed by atoms with Crippen molar-refractivity contribution in [2.75, 3.05) is 65.4 Å². The van der Waals surface area contributed by atoms with E-state index in [9.17, 15) is 43.2 Å². The topological polar surface area (TPSA) is 308 Å². The lowest BCUT2D eigenvalue weighted by Crippen LogP contribution is -2.52. The molecule has 0 aromatic carbocycles. The van der Waals surface area contributed by atoms with Crippen LogP contribution in [0.5, 0.6) is 0 Å². The van der Waals surface area contributed by atoms with Gasteiger partial charge in [0.2, 0.25) is 17.7 Å². The molecule has 24 nitrogen and oxygen atoms in total. The molecular formula is C46H85N9O15. The first-order chi connectivity index (χ1) is 31.6. The van der Waals surface area contributed by atoms with Crippen LogP contribution in [0.25, 0.3) is 0 Å². The fourth-order valence-electron chi connectivity index (χ4n) is 5.39. The van der Waals surface area contributed by atoms with Gasteiger partial charge in [-0.3, -0.25) is 14.4 Å². The molecule has 9 amide bonds. The highest BCUT2D eigenvalue weighted by molar-refractivity contribution is 5.83. The second-order valence-electron chi connectivity index (χ2n) is 22.3. The fraction of sp³-hybridized carbons (Fsp3) is 0.804. The molecule has 8 N–H and O–H groups in total. The van der Waals surface area contributed by atoms with Crippen LogP contribution in [0.3, 0.4) is 0 Å².